The van der Waals surface area contributed by atoms with Gasteiger partial charge in [0.05, 0.1) is 0 Å². The SMILES string of the molecule is CC(=O)N/C(C)=C/[S]. The van der Waals surface area contributed by atoms with Gasteiger partial charge in [0.2, 0.25) is 5.91 Å². The highest BCUT2D eigenvalue weighted by Crippen LogP contribution is 1.86. The van der Waals surface area contributed by atoms with Crippen LogP contribution in [0.1, 0.15) is 13.8 Å². The number of carbonyl (C=O) groups excluding carboxylic acids is 1. The summed E-state index contributed by atoms with van der Waals surface area (Å²) in [5, 5.41) is 3.94. The van der Waals surface area contributed by atoms with Crippen LogP contribution in [-0.2, 0) is 4.79 Å². The lowest BCUT2D eigenvalue weighted by Crippen LogP contribution is -2.16. The zero-order valence-corrected chi connectivity index (χ0v) is 5.71. The molecular formula is C5H8NOS. The lowest BCUT2D eigenvalue weighted by Gasteiger charge is -1.95. The molecule has 1 amide bonds. The van der Waals surface area contributed by atoms with Crippen LogP contribution in [0.4, 0.5) is 0 Å². The molecule has 0 saturated carbocycles. The van der Waals surface area contributed by atoms with Crippen LogP contribution in [0.25, 0.3) is 0 Å². The number of rotatable bonds is 1. The number of nitrogens with one attached hydrogen (secondary N) is 1. The minimum atomic E-state index is -0.0800. The molecule has 0 aromatic heterocycles. The van der Waals surface area contributed by atoms with Crippen LogP contribution in [-0.4, -0.2) is 5.91 Å². The molecule has 0 bridgehead atoms. The van der Waals surface area contributed by atoms with Crippen LogP contribution in [0.3, 0.4) is 0 Å². The molecule has 0 rings (SSSR count). The molecule has 0 aliphatic heterocycles. The van der Waals surface area contributed by atoms with E-state index in [2.05, 4.69) is 17.9 Å². The third kappa shape index (κ3) is 3.61. The molecule has 0 aromatic rings. The van der Waals surface area contributed by atoms with Crippen LogP contribution < -0.4 is 5.32 Å². The molecule has 0 heterocycles. The average Bonchev–Trinajstić information content (AvgIpc) is 1.65. The molecule has 0 saturated heterocycles. The van der Waals surface area contributed by atoms with E-state index in [4.69, 9.17) is 0 Å². The third-order valence-electron chi connectivity index (χ3n) is 0.550. The van der Waals surface area contributed by atoms with Crippen molar-refractivity contribution in [3.05, 3.63) is 11.1 Å². The molecule has 8 heavy (non-hydrogen) atoms. The van der Waals surface area contributed by atoms with Crippen molar-refractivity contribution >= 4 is 18.5 Å². The summed E-state index contributed by atoms with van der Waals surface area (Å²) in [5.41, 5.74) is 0.715. The second-order valence-electron chi connectivity index (χ2n) is 1.48. The maximum Gasteiger partial charge on any atom is 0.221 e. The highest BCUT2D eigenvalue weighted by molar-refractivity contribution is 7.83. The largest absolute Gasteiger partial charge is 0.329 e. The zero-order chi connectivity index (χ0) is 6.57. The van der Waals surface area contributed by atoms with Crippen molar-refractivity contribution < 1.29 is 4.79 Å². The highest BCUT2D eigenvalue weighted by atomic mass is 32.1. The number of carbonyl (C=O) groups is 1. The second kappa shape index (κ2) is 3.43. The quantitative estimate of drug-likeness (QED) is 0.567. The molecule has 0 aromatic carbocycles. The van der Waals surface area contributed by atoms with Crippen molar-refractivity contribution in [3.8, 4) is 0 Å². The Morgan fingerprint density at radius 1 is 1.62 bits per heavy atom. The first-order chi connectivity index (χ1) is 3.66. The van der Waals surface area contributed by atoms with Crippen LogP contribution in [0.15, 0.2) is 11.1 Å². The first-order valence-electron chi connectivity index (χ1n) is 2.23. The predicted molar refractivity (Wildman–Crippen MR) is 35.2 cm³/mol. The second-order valence-corrected chi connectivity index (χ2v) is 1.72. The van der Waals surface area contributed by atoms with E-state index >= 15 is 0 Å². The Labute approximate surface area is 54.4 Å². The summed E-state index contributed by atoms with van der Waals surface area (Å²) in [6.45, 7) is 3.19. The minimum absolute atomic E-state index is 0.0800. The van der Waals surface area contributed by atoms with Crippen molar-refractivity contribution in [1.29, 1.82) is 0 Å². The van der Waals surface area contributed by atoms with Crippen LogP contribution in [0.5, 0.6) is 0 Å². The van der Waals surface area contributed by atoms with Gasteiger partial charge in [0.25, 0.3) is 0 Å². The lowest BCUT2D eigenvalue weighted by atomic mass is 10.5. The van der Waals surface area contributed by atoms with E-state index in [1.54, 1.807) is 6.92 Å². The van der Waals surface area contributed by atoms with Gasteiger partial charge in [-0.05, 0) is 6.92 Å². The molecule has 0 unspecified atom stereocenters. The van der Waals surface area contributed by atoms with Gasteiger partial charge >= 0.3 is 0 Å². The van der Waals surface area contributed by atoms with E-state index in [0.717, 1.165) is 0 Å². The Morgan fingerprint density at radius 2 is 2.12 bits per heavy atom. The van der Waals surface area contributed by atoms with Gasteiger partial charge in [0.1, 0.15) is 0 Å². The first kappa shape index (κ1) is 7.43. The highest BCUT2D eigenvalue weighted by Gasteiger charge is 1.87. The molecule has 0 aliphatic rings. The van der Waals surface area contributed by atoms with E-state index in [-0.39, 0.29) is 5.91 Å². The van der Waals surface area contributed by atoms with Crippen LogP contribution >= 0.6 is 12.6 Å². The maximum absolute atomic E-state index is 10.2. The summed E-state index contributed by atoms with van der Waals surface area (Å²) in [7, 11) is 0. The van der Waals surface area contributed by atoms with Gasteiger partial charge in [-0.25, -0.2) is 0 Å². The topological polar surface area (TPSA) is 29.1 Å². The third-order valence-corrected chi connectivity index (χ3v) is 0.904. The van der Waals surface area contributed by atoms with Gasteiger partial charge in [-0.1, -0.05) is 12.6 Å². The molecule has 45 valence electrons. The van der Waals surface area contributed by atoms with E-state index in [9.17, 15) is 4.79 Å². The molecule has 2 nitrogen and oxygen atoms in total. The van der Waals surface area contributed by atoms with Crippen molar-refractivity contribution in [3.63, 3.8) is 0 Å². The van der Waals surface area contributed by atoms with Gasteiger partial charge in [0.15, 0.2) is 0 Å². The summed E-state index contributed by atoms with van der Waals surface area (Å²) in [5.74, 6) is -0.0800. The van der Waals surface area contributed by atoms with Gasteiger partial charge in [-0.15, -0.1) is 0 Å². The standard InChI is InChI=1S/C5H8NOS/c1-4(3-8)6-5(2)7/h3H,1-2H3,(H,6,7)/b4-3+. The van der Waals surface area contributed by atoms with Crippen LogP contribution in [0.2, 0.25) is 0 Å². The van der Waals surface area contributed by atoms with Crippen LogP contribution in [0, 0.1) is 0 Å². The Morgan fingerprint density at radius 3 is 2.25 bits per heavy atom. The fourth-order valence-electron chi connectivity index (χ4n) is 0.307. The molecule has 3 heteroatoms. The van der Waals surface area contributed by atoms with E-state index in [1.807, 2.05) is 0 Å². The van der Waals surface area contributed by atoms with E-state index in [0.29, 0.717) is 5.70 Å². The Hall–Kier alpha value is -0.570. The van der Waals surface area contributed by atoms with Gasteiger partial charge in [0, 0.05) is 18.0 Å². The molecular weight excluding hydrogens is 122 g/mol. The fraction of sp³-hybridized carbons (Fsp3) is 0.400. The predicted octanol–water partition coefficient (Wildman–Crippen LogP) is 1.18. The summed E-state index contributed by atoms with van der Waals surface area (Å²) in [4.78, 5) is 10.2. The van der Waals surface area contributed by atoms with Crippen molar-refractivity contribution in [2.24, 2.45) is 0 Å². The number of hydrogen-bond donors (Lipinski definition) is 1. The smallest absolute Gasteiger partial charge is 0.221 e. The van der Waals surface area contributed by atoms with Crippen molar-refractivity contribution in [1.82, 2.24) is 5.32 Å². The molecule has 0 atom stereocenters. The van der Waals surface area contributed by atoms with Gasteiger partial charge < -0.3 is 5.32 Å². The summed E-state index contributed by atoms with van der Waals surface area (Å²) >= 11 is 4.52. The summed E-state index contributed by atoms with van der Waals surface area (Å²) in [6, 6.07) is 0. The fourth-order valence-corrected chi connectivity index (χ4v) is 0.366. The summed E-state index contributed by atoms with van der Waals surface area (Å²) < 4.78 is 0. The van der Waals surface area contributed by atoms with E-state index < -0.39 is 0 Å². The first-order valence-corrected chi connectivity index (χ1v) is 2.70. The number of allylic oxidation sites excluding steroid dienone is 1. The molecule has 1 N–H and O–H groups in total. The molecule has 0 spiro atoms. The van der Waals surface area contributed by atoms with Gasteiger partial charge in [-0.3, -0.25) is 4.79 Å². The maximum atomic E-state index is 10.2. The molecule has 0 aliphatic carbocycles. The monoisotopic (exact) mass is 130 g/mol. The Balaban J connectivity index is 3.56. The molecule has 0 fully saturated rings. The number of amides is 1. The van der Waals surface area contributed by atoms with Crippen molar-refractivity contribution in [2.75, 3.05) is 0 Å². The Kier molecular flexibility index (Phi) is 3.19. The minimum Gasteiger partial charge on any atom is -0.329 e. The normalized spacial score (nSPS) is 11.0. The lowest BCUT2D eigenvalue weighted by molar-refractivity contribution is -0.118. The van der Waals surface area contributed by atoms with E-state index in [1.165, 1.54) is 12.3 Å². The van der Waals surface area contributed by atoms with Crippen molar-refractivity contribution in [2.45, 2.75) is 13.8 Å². The molecule has 1 radical (unpaired) electrons. The van der Waals surface area contributed by atoms with Gasteiger partial charge in [-0.2, -0.15) is 0 Å². The Bertz CT molecular complexity index is 120. The average molecular weight is 130 g/mol. The number of hydrogen-bond acceptors (Lipinski definition) is 1. The zero-order valence-electron chi connectivity index (χ0n) is 4.89. The summed E-state index contributed by atoms with van der Waals surface area (Å²) in [6.07, 6.45) is 0.